The van der Waals surface area contributed by atoms with Crippen LogP contribution in [0.3, 0.4) is 0 Å². The zero-order valence-electron chi connectivity index (χ0n) is 13.8. The molecule has 0 aliphatic carbocycles. The van der Waals surface area contributed by atoms with E-state index < -0.39 is 15.9 Å². The second kappa shape index (κ2) is 7.46. The Hall–Kier alpha value is -2.38. The molecule has 2 N–H and O–H groups in total. The average molecular weight is 348 g/mol. The number of hydrogen-bond acceptors (Lipinski definition) is 4. The molecule has 7 heteroatoms. The van der Waals surface area contributed by atoms with Gasteiger partial charge in [0.25, 0.3) is 0 Å². The molecule has 0 heterocycles. The minimum atomic E-state index is -3.74. The highest BCUT2D eigenvalue weighted by Crippen LogP contribution is 2.25. The number of aryl methyl sites for hydroxylation is 2. The Morgan fingerprint density at radius 3 is 2.50 bits per heavy atom. The molecular weight excluding hydrogens is 328 g/mol. The summed E-state index contributed by atoms with van der Waals surface area (Å²) < 4.78 is 32.0. The summed E-state index contributed by atoms with van der Waals surface area (Å²) in [7, 11) is -2.24. The highest BCUT2D eigenvalue weighted by molar-refractivity contribution is 7.89. The number of benzene rings is 2. The Morgan fingerprint density at radius 1 is 1.12 bits per heavy atom. The van der Waals surface area contributed by atoms with Gasteiger partial charge < -0.3 is 10.1 Å². The number of hydrogen-bond donors (Lipinski definition) is 2. The Kier molecular flexibility index (Phi) is 5.58. The van der Waals surface area contributed by atoms with E-state index >= 15 is 0 Å². The van der Waals surface area contributed by atoms with Crippen LogP contribution in [0.5, 0.6) is 5.75 Å². The number of carbonyl (C=O) groups is 1. The summed E-state index contributed by atoms with van der Waals surface area (Å²) in [6.07, 6.45) is 0. The van der Waals surface area contributed by atoms with Crippen molar-refractivity contribution in [3.05, 3.63) is 53.6 Å². The number of anilines is 1. The zero-order chi connectivity index (χ0) is 17.7. The first-order valence-electron chi connectivity index (χ1n) is 7.33. The molecule has 2 aromatic carbocycles. The first-order valence-corrected chi connectivity index (χ1v) is 8.81. The van der Waals surface area contributed by atoms with Gasteiger partial charge in [-0.1, -0.05) is 24.3 Å². The molecule has 0 saturated carbocycles. The van der Waals surface area contributed by atoms with Gasteiger partial charge in [-0.3, -0.25) is 4.79 Å². The molecule has 2 aromatic rings. The highest BCUT2D eigenvalue weighted by atomic mass is 32.2. The van der Waals surface area contributed by atoms with Gasteiger partial charge in [-0.15, -0.1) is 0 Å². The first-order chi connectivity index (χ1) is 11.3. The maximum Gasteiger partial charge on any atom is 0.241 e. The second-order valence-electron chi connectivity index (χ2n) is 5.34. The van der Waals surface area contributed by atoms with E-state index in [9.17, 15) is 13.2 Å². The lowest BCUT2D eigenvalue weighted by Gasteiger charge is -2.12. The maximum absolute atomic E-state index is 12.3. The second-order valence-corrected chi connectivity index (χ2v) is 7.08. The minimum absolute atomic E-state index is 0.158. The van der Waals surface area contributed by atoms with Crippen molar-refractivity contribution in [3.8, 4) is 5.75 Å². The van der Waals surface area contributed by atoms with Crippen molar-refractivity contribution in [2.24, 2.45) is 0 Å². The Labute approximate surface area is 141 Å². The molecular formula is C17H20N2O4S. The van der Waals surface area contributed by atoms with Crippen LogP contribution in [0.2, 0.25) is 0 Å². The summed E-state index contributed by atoms with van der Waals surface area (Å²) in [5.74, 6) is 0.0340. The van der Waals surface area contributed by atoms with E-state index in [1.54, 1.807) is 37.3 Å². The van der Waals surface area contributed by atoms with Gasteiger partial charge in [-0.05, 0) is 43.2 Å². The van der Waals surface area contributed by atoms with E-state index in [4.69, 9.17) is 4.74 Å². The molecule has 0 aliphatic rings. The first kappa shape index (κ1) is 18.0. The summed E-state index contributed by atoms with van der Waals surface area (Å²) in [6.45, 7) is 3.22. The monoisotopic (exact) mass is 348 g/mol. The number of amides is 1. The molecule has 0 fully saturated rings. The molecule has 6 nitrogen and oxygen atoms in total. The molecule has 0 atom stereocenters. The average Bonchev–Trinajstić information content (AvgIpc) is 2.53. The van der Waals surface area contributed by atoms with Crippen molar-refractivity contribution in [1.29, 1.82) is 0 Å². The largest absolute Gasteiger partial charge is 0.495 e. The van der Waals surface area contributed by atoms with E-state index in [1.807, 2.05) is 13.0 Å². The number of carbonyl (C=O) groups excluding carboxylic acids is 1. The van der Waals surface area contributed by atoms with Crippen molar-refractivity contribution in [2.45, 2.75) is 18.7 Å². The van der Waals surface area contributed by atoms with Crippen LogP contribution in [0.1, 0.15) is 11.1 Å². The van der Waals surface area contributed by atoms with Gasteiger partial charge in [-0.2, -0.15) is 0 Å². The summed E-state index contributed by atoms with van der Waals surface area (Å²) in [5.41, 5.74) is 2.06. The Morgan fingerprint density at radius 2 is 1.83 bits per heavy atom. The number of rotatable bonds is 6. The van der Waals surface area contributed by atoms with Crippen LogP contribution in [0.25, 0.3) is 0 Å². The molecule has 0 bridgehead atoms. The van der Waals surface area contributed by atoms with Gasteiger partial charge in [0.05, 0.1) is 24.2 Å². The molecule has 0 spiro atoms. The van der Waals surface area contributed by atoms with Crippen LogP contribution in [0, 0.1) is 13.8 Å². The minimum Gasteiger partial charge on any atom is -0.495 e. The normalized spacial score (nSPS) is 11.1. The lowest BCUT2D eigenvalue weighted by atomic mass is 10.2. The quantitative estimate of drug-likeness (QED) is 0.838. The predicted octanol–water partition coefficient (Wildman–Crippen LogP) is 2.23. The molecule has 1 amide bonds. The fourth-order valence-electron chi connectivity index (χ4n) is 2.21. The van der Waals surface area contributed by atoms with E-state index in [1.165, 1.54) is 13.2 Å². The van der Waals surface area contributed by atoms with Gasteiger partial charge in [-0.25, -0.2) is 13.1 Å². The number of methoxy groups -OCH3 is 1. The van der Waals surface area contributed by atoms with E-state index in [-0.39, 0.29) is 11.4 Å². The summed E-state index contributed by atoms with van der Waals surface area (Å²) in [6, 6.07) is 11.9. The van der Waals surface area contributed by atoms with Gasteiger partial charge in [0.1, 0.15) is 5.75 Å². The molecule has 2 rings (SSSR count). The summed E-state index contributed by atoms with van der Waals surface area (Å²) in [5, 5.41) is 2.65. The van der Waals surface area contributed by atoms with Crippen molar-refractivity contribution in [3.63, 3.8) is 0 Å². The lowest BCUT2D eigenvalue weighted by Crippen LogP contribution is -2.33. The molecule has 0 unspecified atom stereocenters. The van der Waals surface area contributed by atoms with Crippen LogP contribution >= 0.6 is 0 Å². The zero-order valence-corrected chi connectivity index (χ0v) is 14.6. The molecule has 0 radical (unpaired) electrons. The third-order valence-electron chi connectivity index (χ3n) is 3.43. The van der Waals surface area contributed by atoms with Gasteiger partial charge in [0.2, 0.25) is 15.9 Å². The van der Waals surface area contributed by atoms with E-state index in [2.05, 4.69) is 10.0 Å². The predicted molar refractivity (Wildman–Crippen MR) is 92.7 cm³/mol. The SMILES string of the molecule is COc1ccc(C)cc1NC(=O)CNS(=O)(=O)c1ccccc1C. The van der Waals surface area contributed by atoms with Crippen LogP contribution in [0.15, 0.2) is 47.4 Å². The highest BCUT2D eigenvalue weighted by Gasteiger charge is 2.17. The molecule has 24 heavy (non-hydrogen) atoms. The van der Waals surface area contributed by atoms with E-state index in [0.29, 0.717) is 17.0 Å². The maximum atomic E-state index is 12.3. The van der Waals surface area contributed by atoms with Crippen molar-refractivity contribution in [1.82, 2.24) is 4.72 Å². The number of sulfonamides is 1. The molecule has 0 aliphatic heterocycles. The van der Waals surface area contributed by atoms with Crippen molar-refractivity contribution < 1.29 is 17.9 Å². The van der Waals surface area contributed by atoms with E-state index in [0.717, 1.165) is 5.56 Å². The van der Waals surface area contributed by atoms with Gasteiger partial charge in [0.15, 0.2) is 0 Å². The fraction of sp³-hybridized carbons (Fsp3) is 0.235. The van der Waals surface area contributed by atoms with Crippen molar-refractivity contribution >= 4 is 21.6 Å². The third-order valence-corrected chi connectivity index (χ3v) is 5.00. The van der Waals surface area contributed by atoms with Crippen LogP contribution < -0.4 is 14.8 Å². The fourth-order valence-corrected chi connectivity index (χ4v) is 3.44. The summed E-state index contributed by atoms with van der Waals surface area (Å²) >= 11 is 0. The number of nitrogens with one attached hydrogen (secondary N) is 2. The topological polar surface area (TPSA) is 84.5 Å². The Bertz CT molecular complexity index is 847. The number of ether oxygens (including phenoxy) is 1. The van der Waals surface area contributed by atoms with Crippen LogP contribution in [-0.4, -0.2) is 28.0 Å². The third kappa shape index (κ3) is 4.33. The molecule has 0 saturated heterocycles. The molecule has 128 valence electrons. The standard InChI is InChI=1S/C17H20N2O4S/c1-12-8-9-15(23-3)14(10-12)19-17(20)11-18-24(21,22)16-7-5-4-6-13(16)2/h4-10,18H,11H2,1-3H3,(H,19,20). The summed E-state index contributed by atoms with van der Waals surface area (Å²) in [4.78, 5) is 12.2. The Balaban J connectivity index is 2.06. The van der Waals surface area contributed by atoms with Crippen LogP contribution in [0.4, 0.5) is 5.69 Å². The van der Waals surface area contributed by atoms with Crippen LogP contribution in [-0.2, 0) is 14.8 Å². The van der Waals surface area contributed by atoms with Crippen molar-refractivity contribution in [2.75, 3.05) is 19.0 Å². The van der Waals surface area contributed by atoms with Gasteiger partial charge in [0, 0.05) is 0 Å². The molecule has 0 aromatic heterocycles. The lowest BCUT2D eigenvalue weighted by molar-refractivity contribution is -0.115. The van der Waals surface area contributed by atoms with Gasteiger partial charge >= 0.3 is 0 Å². The smallest absolute Gasteiger partial charge is 0.241 e.